The number of halogens is 4. The molecule has 0 radical (unpaired) electrons. The zero-order valence-electron chi connectivity index (χ0n) is 16.5. The van der Waals surface area contributed by atoms with Crippen LogP contribution in [-0.2, 0) is 11.0 Å². The molecule has 1 saturated carbocycles. The van der Waals surface area contributed by atoms with Crippen molar-refractivity contribution >= 4 is 17.6 Å². The molecule has 6 nitrogen and oxygen atoms in total. The van der Waals surface area contributed by atoms with E-state index in [1.165, 1.54) is 29.2 Å². The Balaban J connectivity index is 1.48. The monoisotopic (exact) mass is 436 g/mol. The van der Waals surface area contributed by atoms with Crippen molar-refractivity contribution in [2.24, 2.45) is 5.41 Å². The first-order chi connectivity index (χ1) is 14.7. The first-order valence-corrected chi connectivity index (χ1v) is 9.97. The maximum Gasteiger partial charge on any atom is 0.451 e. The van der Waals surface area contributed by atoms with Crippen LogP contribution in [0.1, 0.15) is 48.3 Å². The fourth-order valence-electron chi connectivity index (χ4n) is 4.48. The molecule has 1 aliphatic carbocycles. The minimum absolute atomic E-state index is 0.0740. The van der Waals surface area contributed by atoms with Gasteiger partial charge < -0.3 is 5.32 Å². The second-order valence-corrected chi connectivity index (χ2v) is 8.00. The van der Waals surface area contributed by atoms with Crippen molar-refractivity contribution in [1.82, 2.24) is 15.3 Å². The molecule has 4 rings (SSSR count). The van der Waals surface area contributed by atoms with Crippen LogP contribution in [0.4, 0.5) is 23.4 Å². The Kier molecular flexibility index (Phi) is 5.40. The standard InChI is InChI=1S/C21H20F4N4O2/c22-14-4-1-3-13(11-14)17(30)27-15-5-2-7-20(12-15)8-10-29(19(20)31)16-6-9-26-18(28-16)21(23,24)25/h1,3-4,6,9,11,15H,2,5,7-8,10,12H2,(H,27,30)/t15-,20-/m0/s1. The number of hydrogen-bond acceptors (Lipinski definition) is 4. The third-order valence-corrected chi connectivity index (χ3v) is 5.95. The van der Waals surface area contributed by atoms with Crippen molar-refractivity contribution in [2.75, 3.05) is 11.4 Å². The number of amides is 2. The molecule has 2 aliphatic rings. The van der Waals surface area contributed by atoms with E-state index in [9.17, 15) is 27.2 Å². The van der Waals surface area contributed by atoms with Gasteiger partial charge in [-0.1, -0.05) is 12.5 Å². The number of carbonyl (C=O) groups is 2. The SMILES string of the molecule is O=C(N[C@H]1CCC[C@]2(CCN(c3ccnc(C(F)(F)F)n3)C2=O)C1)c1cccc(F)c1. The minimum Gasteiger partial charge on any atom is -0.349 e. The highest BCUT2D eigenvalue weighted by molar-refractivity contribution is 5.99. The van der Waals surface area contributed by atoms with E-state index in [4.69, 9.17) is 0 Å². The third kappa shape index (κ3) is 4.24. The smallest absolute Gasteiger partial charge is 0.349 e. The van der Waals surface area contributed by atoms with Crippen LogP contribution < -0.4 is 10.2 Å². The molecule has 1 spiro atoms. The molecule has 0 bridgehead atoms. The molecule has 1 aliphatic heterocycles. The van der Waals surface area contributed by atoms with E-state index in [1.54, 1.807) is 0 Å². The molecule has 2 atom stereocenters. The van der Waals surface area contributed by atoms with Gasteiger partial charge in [0.2, 0.25) is 11.7 Å². The molecule has 10 heteroatoms. The highest BCUT2D eigenvalue weighted by Crippen LogP contribution is 2.46. The summed E-state index contributed by atoms with van der Waals surface area (Å²) in [5, 5.41) is 2.87. The maximum absolute atomic E-state index is 13.4. The van der Waals surface area contributed by atoms with Crippen LogP contribution in [0, 0.1) is 11.2 Å². The highest BCUT2D eigenvalue weighted by Gasteiger charge is 2.50. The second kappa shape index (κ2) is 7.90. The number of anilines is 1. The van der Waals surface area contributed by atoms with Gasteiger partial charge in [-0.05, 0) is 49.9 Å². The molecule has 1 N–H and O–H groups in total. The lowest BCUT2D eigenvalue weighted by molar-refractivity contribution is -0.145. The summed E-state index contributed by atoms with van der Waals surface area (Å²) in [6, 6.07) is 6.34. The van der Waals surface area contributed by atoms with Crippen molar-refractivity contribution in [3.63, 3.8) is 0 Å². The lowest BCUT2D eigenvalue weighted by Crippen LogP contribution is -2.46. The van der Waals surface area contributed by atoms with E-state index in [0.29, 0.717) is 32.1 Å². The number of hydrogen-bond donors (Lipinski definition) is 1. The van der Waals surface area contributed by atoms with E-state index < -0.39 is 29.1 Å². The predicted molar refractivity (Wildman–Crippen MR) is 103 cm³/mol. The van der Waals surface area contributed by atoms with E-state index in [2.05, 4.69) is 15.3 Å². The maximum atomic E-state index is 13.4. The second-order valence-electron chi connectivity index (χ2n) is 8.00. The Morgan fingerprint density at radius 3 is 2.77 bits per heavy atom. The van der Waals surface area contributed by atoms with Crippen molar-refractivity contribution in [1.29, 1.82) is 0 Å². The fraction of sp³-hybridized carbons (Fsp3) is 0.429. The van der Waals surface area contributed by atoms with Crippen LogP contribution in [0.5, 0.6) is 0 Å². The zero-order valence-corrected chi connectivity index (χ0v) is 16.5. The number of rotatable bonds is 3. The van der Waals surface area contributed by atoms with Crippen LogP contribution >= 0.6 is 0 Å². The summed E-state index contributed by atoms with van der Waals surface area (Å²) in [5.41, 5.74) is -0.568. The Hall–Kier alpha value is -3.04. The van der Waals surface area contributed by atoms with E-state index in [-0.39, 0.29) is 29.9 Å². The number of nitrogens with one attached hydrogen (secondary N) is 1. The summed E-state index contributed by atoms with van der Waals surface area (Å²) >= 11 is 0. The number of nitrogens with zero attached hydrogens (tertiary/aromatic N) is 3. The lowest BCUT2D eigenvalue weighted by Gasteiger charge is -2.36. The average Bonchev–Trinajstić information content (AvgIpc) is 3.03. The minimum atomic E-state index is -4.70. The first kappa shape index (κ1) is 21.2. The number of aromatic nitrogens is 2. The van der Waals surface area contributed by atoms with E-state index in [1.807, 2.05) is 0 Å². The molecule has 2 aromatic rings. The summed E-state index contributed by atoms with van der Waals surface area (Å²) < 4.78 is 52.2. The third-order valence-electron chi connectivity index (χ3n) is 5.95. The van der Waals surface area contributed by atoms with Gasteiger partial charge in [0.1, 0.15) is 11.6 Å². The van der Waals surface area contributed by atoms with Crippen LogP contribution in [0.3, 0.4) is 0 Å². The van der Waals surface area contributed by atoms with Crippen molar-refractivity contribution in [2.45, 2.75) is 44.3 Å². The van der Waals surface area contributed by atoms with Gasteiger partial charge in [-0.15, -0.1) is 0 Å². The van der Waals surface area contributed by atoms with Crippen LogP contribution in [0.25, 0.3) is 0 Å². The van der Waals surface area contributed by atoms with Crippen molar-refractivity contribution in [3.8, 4) is 0 Å². The summed E-state index contributed by atoms with van der Waals surface area (Å²) in [4.78, 5) is 33.7. The van der Waals surface area contributed by atoms with Gasteiger partial charge in [-0.2, -0.15) is 13.2 Å². The normalized spacial score (nSPS) is 23.9. The van der Waals surface area contributed by atoms with Gasteiger partial charge in [0.15, 0.2) is 0 Å². The average molecular weight is 436 g/mol. The quantitative estimate of drug-likeness (QED) is 0.744. The summed E-state index contributed by atoms with van der Waals surface area (Å²) in [6.45, 7) is 0.248. The number of alkyl halides is 3. The summed E-state index contributed by atoms with van der Waals surface area (Å²) in [5.74, 6) is -2.59. The molecule has 1 aromatic heterocycles. The first-order valence-electron chi connectivity index (χ1n) is 9.97. The molecular formula is C21H20F4N4O2. The van der Waals surface area contributed by atoms with Crippen molar-refractivity contribution in [3.05, 3.63) is 53.7 Å². The number of carbonyl (C=O) groups excluding carboxylic acids is 2. The zero-order chi connectivity index (χ0) is 22.2. The van der Waals surface area contributed by atoms with E-state index in [0.717, 1.165) is 12.3 Å². The predicted octanol–water partition coefficient (Wildman–Crippen LogP) is 3.73. The summed E-state index contributed by atoms with van der Waals surface area (Å²) in [7, 11) is 0. The topological polar surface area (TPSA) is 75.2 Å². The van der Waals surface area contributed by atoms with Crippen LogP contribution in [0.2, 0.25) is 0 Å². The highest BCUT2D eigenvalue weighted by atomic mass is 19.4. The molecule has 2 fully saturated rings. The summed E-state index contributed by atoms with van der Waals surface area (Å²) in [6.07, 6.45) is -0.928. The van der Waals surface area contributed by atoms with E-state index >= 15 is 0 Å². The molecule has 1 aromatic carbocycles. The van der Waals surface area contributed by atoms with Crippen LogP contribution in [0.15, 0.2) is 36.5 Å². The fourth-order valence-corrected chi connectivity index (χ4v) is 4.48. The largest absolute Gasteiger partial charge is 0.451 e. The van der Waals surface area contributed by atoms with Crippen molar-refractivity contribution < 1.29 is 27.2 Å². The van der Waals surface area contributed by atoms with Crippen LogP contribution in [-0.4, -0.2) is 34.4 Å². The van der Waals surface area contributed by atoms with Gasteiger partial charge in [0, 0.05) is 24.3 Å². The molecular weight excluding hydrogens is 416 g/mol. The van der Waals surface area contributed by atoms with Gasteiger partial charge >= 0.3 is 6.18 Å². The molecule has 2 heterocycles. The molecule has 0 unspecified atom stereocenters. The molecule has 2 amide bonds. The molecule has 164 valence electrons. The Morgan fingerprint density at radius 1 is 1.23 bits per heavy atom. The molecule has 31 heavy (non-hydrogen) atoms. The van der Waals surface area contributed by atoms with Gasteiger partial charge in [-0.3, -0.25) is 14.5 Å². The Labute approximate surface area is 175 Å². The van der Waals surface area contributed by atoms with Gasteiger partial charge in [-0.25, -0.2) is 14.4 Å². The van der Waals surface area contributed by atoms with Gasteiger partial charge in [0.05, 0.1) is 5.41 Å². The Bertz CT molecular complexity index is 1010. The molecule has 1 saturated heterocycles. The van der Waals surface area contributed by atoms with Gasteiger partial charge in [0.25, 0.3) is 5.91 Å². The Morgan fingerprint density at radius 2 is 2.03 bits per heavy atom. The number of benzene rings is 1. The lowest BCUT2D eigenvalue weighted by atomic mass is 9.71.